The molecule has 0 aliphatic rings. The monoisotopic (exact) mass is 433 g/mol. The summed E-state index contributed by atoms with van der Waals surface area (Å²) in [5, 5.41) is 11.2. The van der Waals surface area contributed by atoms with Gasteiger partial charge < -0.3 is 15.9 Å². The predicted octanol–water partition coefficient (Wildman–Crippen LogP) is 3.02. The summed E-state index contributed by atoms with van der Waals surface area (Å²) in [6, 6.07) is 13.9. The number of ether oxygens (including phenoxy) is 1. The number of rotatable bonds is 9. The number of hydrogen-bond donors (Lipinski definition) is 2. The van der Waals surface area contributed by atoms with Gasteiger partial charge in [0.2, 0.25) is 11.1 Å². The van der Waals surface area contributed by atoms with E-state index in [0.29, 0.717) is 23.1 Å². The Hall–Kier alpha value is -3.14. The van der Waals surface area contributed by atoms with Crippen molar-refractivity contribution in [1.82, 2.24) is 20.2 Å². The highest BCUT2D eigenvalue weighted by Crippen LogP contribution is 2.24. The molecular formula is C20H21F2N5O2S. The Morgan fingerprint density at radius 3 is 2.63 bits per heavy atom. The largest absolute Gasteiger partial charge is 0.435 e. The van der Waals surface area contributed by atoms with Gasteiger partial charge in [0.05, 0.1) is 5.75 Å². The highest BCUT2D eigenvalue weighted by atomic mass is 32.2. The first-order valence-corrected chi connectivity index (χ1v) is 10.1. The lowest BCUT2D eigenvalue weighted by Gasteiger charge is -2.08. The summed E-state index contributed by atoms with van der Waals surface area (Å²) < 4.78 is 30.1. The third-order valence-electron chi connectivity index (χ3n) is 4.31. The van der Waals surface area contributed by atoms with E-state index in [1.165, 1.54) is 27.9 Å². The van der Waals surface area contributed by atoms with Crippen LogP contribution >= 0.6 is 11.8 Å². The van der Waals surface area contributed by atoms with Crippen molar-refractivity contribution in [2.45, 2.75) is 25.1 Å². The Morgan fingerprint density at radius 1 is 1.20 bits per heavy atom. The van der Waals surface area contributed by atoms with E-state index < -0.39 is 6.61 Å². The molecule has 0 unspecified atom stereocenters. The van der Waals surface area contributed by atoms with Crippen LogP contribution in [-0.2, 0) is 11.2 Å². The number of carbonyl (C=O) groups excluding carboxylic acids is 1. The number of aryl methyl sites for hydroxylation is 1. The van der Waals surface area contributed by atoms with Crippen molar-refractivity contribution in [3.8, 4) is 17.1 Å². The Labute approximate surface area is 176 Å². The van der Waals surface area contributed by atoms with Gasteiger partial charge in [-0.2, -0.15) is 8.78 Å². The zero-order valence-corrected chi connectivity index (χ0v) is 17.0. The van der Waals surface area contributed by atoms with Crippen LogP contribution in [0.4, 0.5) is 8.78 Å². The number of nitrogens with zero attached hydrogens (tertiary/aromatic N) is 3. The Bertz CT molecular complexity index is 995. The van der Waals surface area contributed by atoms with Crippen LogP contribution in [0.15, 0.2) is 53.7 Å². The molecule has 1 amide bonds. The van der Waals surface area contributed by atoms with Crippen molar-refractivity contribution >= 4 is 17.7 Å². The number of nitrogens with two attached hydrogens (primary N) is 1. The van der Waals surface area contributed by atoms with E-state index in [-0.39, 0.29) is 17.4 Å². The molecule has 10 heteroatoms. The first-order valence-electron chi connectivity index (χ1n) is 9.14. The highest BCUT2D eigenvalue weighted by Gasteiger charge is 2.14. The maximum absolute atomic E-state index is 12.2. The van der Waals surface area contributed by atoms with E-state index in [0.717, 1.165) is 18.2 Å². The molecule has 0 saturated carbocycles. The zero-order valence-electron chi connectivity index (χ0n) is 16.2. The van der Waals surface area contributed by atoms with Crippen molar-refractivity contribution < 1.29 is 18.3 Å². The molecule has 0 atom stereocenters. The number of amides is 1. The van der Waals surface area contributed by atoms with Crippen molar-refractivity contribution in [1.29, 1.82) is 0 Å². The lowest BCUT2D eigenvalue weighted by atomic mass is 10.1. The molecule has 3 N–H and O–H groups in total. The SMILES string of the molecule is Cc1ccccc1CCNC(=O)CSc1nnc(-c2ccc(OC(F)F)cc2)n1N. The maximum atomic E-state index is 12.2. The van der Waals surface area contributed by atoms with Gasteiger partial charge in [-0.3, -0.25) is 4.79 Å². The van der Waals surface area contributed by atoms with Crippen LogP contribution in [0, 0.1) is 6.92 Å². The molecule has 3 rings (SSSR count). The number of carbonyl (C=O) groups is 1. The van der Waals surface area contributed by atoms with Crippen molar-refractivity contribution in [3.05, 3.63) is 59.7 Å². The third-order valence-corrected chi connectivity index (χ3v) is 5.26. The van der Waals surface area contributed by atoms with Gasteiger partial charge in [0.25, 0.3) is 0 Å². The summed E-state index contributed by atoms with van der Waals surface area (Å²) in [5.74, 6) is 6.42. The number of thioether (sulfide) groups is 1. The quantitative estimate of drug-likeness (QED) is 0.398. The van der Waals surface area contributed by atoms with Gasteiger partial charge in [-0.25, -0.2) is 4.68 Å². The highest BCUT2D eigenvalue weighted by molar-refractivity contribution is 7.99. The fourth-order valence-corrected chi connectivity index (χ4v) is 3.45. The molecule has 158 valence electrons. The van der Waals surface area contributed by atoms with E-state index in [2.05, 4.69) is 20.3 Å². The minimum Gasteiger partial charge on any atom is -0.435 e. The molecule has 1 aromatic heterocycles. The second kappa shape index (κ2) is 10.1. The summed E-state index contributed by atoms with van der Waals surface area (Å²) in [7, 11) is 0. The van der Waals surface area contributed by atoms with Crippen molar-refractivity contribution in [2.75, 3.05) is 18.1 Å². The Morgan fingerprint density at radius 2 is 1.93 bits per heavy atom. The summed E-state index contributed by atoms with van der Waals surface area (Å²) in [4.78, 5) is 12.1. The van der Waals surface area contributed by atoms with E-state index in [4.69, 9.17) is 5.84 Å². The number of nitrogens with one attached hydrogen (secondary N) is 1. The van der Waals surface area contributed by atoms with Gasteiger partial charge in [-0.15, -0.1) is 10.2 Å². The van der Waals surface area contributed by atoms with E-state index in [1.54, 1.807) is 12.1 Å². The summed E-state index contributed by atoms with van der Waals surface area (Å²) >= 11 is 1.16. The van der Waals surface area contributed by atoms with Crippen LogP contribution < -0.4 is 15.9 Å². The van der Waals surface area contributed by atoms with E-state index >= 15 is 0 Å². The normalized spacial score (nSPS) is 10.9. The van der Waals surface area contributed by atoms with Gasteiger partial charge in [0.15, 0.2) is 5.82 Å². The lowest BCUT2D eigenvalue weighted by molar-refractivity contribution is -0.118. The number of aromatic nitrogens is 3. The van der Waals surface area contributed by atoms with Crippen LogP contribution in [0.5, 0.6) is 5.75 Å². The summed E-state index contributed by atoms with van der Waals surface area (Å²) in [6.45, 7) is -0.310. The molecule has 0 aliphatic carbocycles. The molecule has 0 fully saturated rings. The molecule has 0 bridgehead atoms. The minimum atomic E-state index is -2.89. The smallest absolute Gasteiger partial charge is 0.387 e. The summed E-state index contributed by atoms with van der Waals surface area (Å²) in [6.07, 6.45) is 0.756. The lowest BCUT2D eigenvalue weighted by Crippen LogP contribution is -2.27. The minimum absolute atomic E-state index is 0.0359. The van der Waals surface area contributed by atoms with Crippen LogP contribution in [0.2, 0.25) is 0 Å². The number of hydrogen-bond acceptors (Lipinski definition) is 6. The van der Waals surface area contributed by atoms with Crippen LogP contribution in [0.25, 0.3) is 11.4 Å². The molecular weight excluding hydrogens is 412 g/mol. The van der Waals surface area contributed by atoms with Crippen LogP contribution in [0.1, 0.15) is 11.1 Å². The average molecular weight is 433 g/mol. The van der Waals surface area contributed by atoms with Crippen LogP contribution in [0.3, 0.4) is 0 Å². The predicted molar refractivity (Wildman–Crippen MR) is 111 cm³/mol. The molecule has 7 nitrogen and oxygen atoms in total. The van der Waals surface area contributed by atoms with Gasteiger partial charge in [-0.05, 0) is 48.7 Å². The summed E-state index contributed by atoms with van der Waals surface area (Å²) in [5.41, 5.74) is 2.97. The maximum Gasteiger partial charge on any atom is 0.387 e. The Kier molecular flexibility index (Phi) is 7.23. The number of nitrogen functional groups attached to an aromatic ring is 1. The molecule has 30 heavy (non-hydrogen) atoms. The first kappa shape index (κ1) is 21.6. The number of alkyl halides is 2. The van der Waals surface area contributed by atoms with Gasteiger partial charge in [0.1, 0.15) is 5.75 Å². The van der Waals surface area contributed by atoms with Crippen LogP contribution in [-0.4, -0.2) is 39.7 Å². The van der Waals surface area contributed by atoms with Gasteiger partial charge >= 0.3 is 6.61 Å². The molecule has 1 heterocycles. The third kappa shape index (κ3) is 5.69. The number of halogens is 2. The standard InChI is InChI=1S/C20H21F2N5O2S/c1-13-4-2-3-5-14(13)10-11-24-17(28)12-30-20-26-25-18(27(20)23)15-6-8-16(9-7-15)29-19(21)22/h2-9,19H,10-12,23H2,1H3,(H,24,28). The fourth-order valence-electron chi connectivity index (χ4n) is 2.77. The molecule has 0 aliphatic heterocycles. The average Bonchev–Trinajstić information content (AvgIpc) is 3.08. The molecule has 0 spiro atoms. The Balaban J connectivity index is 1.51. The van der Waals surface area contributed by atoms with Gasteiger partial charge in [-0.1, -0.05) is 36.0 Å². The number of benzene rings is 2. The second-order valence-corrected chi connectivity index (χ2v) is 7.34. The topological polar surface area (TPSA) is 95.1 Å². The molecule has 3 aromatic rings. The fraction of sp³-hybridized carbons (Fsp3) is 0.250. The molecule has 0 radical (unpaired) electrons. The van der Waals surface area contributed by atoms with E-state index in [9.17, 15) is 13.6 Å². The van der Waals surface area contributed by atoms with Crippen molar-refractivity contribution in [3.63, 3.8) is 0 Å². The molecule has 2 aromatic carbocycles. The zero-order chi connectivity index (χ0) is 21.5. The first-order chi connectivity index (χ1) is 14.4. The van der Waals surface area contributed by atoms with Crippen molar-refractivity contribution in [2.24, 2.45) is 0 Å². The van der Waals surface area contributed by atoms with Gasteiger partial charge in [0, 0.05) is 12.1 Å². The molecule has 0 saturated heterocycles. The van der Waals surface area contributed by atoms with E-state index in [1.807, 2.05) is 31.2 Å². The second-order valence-electron chi connectivity index (χ2n) is 6.39.